The Kier molecular flexibility index (Phi) is 3.50. The van der Waals surface area contributed by atoms with E-state index in [-0.39, 0.29) is 5.91 Å². The van der Waals surface area contributed by atoms with Crippen LogP contribution >= 0.6 is 22.6 Å². The first kappa shape index (κ1) is 12.6. The highest BCUT2D eigenvalue weighted by Gasteiger charge is 2.18. The van der Waals surface area contributed by atoms with Gasteiger partial charge in [-0.05, 0) is 41.1 Å². The first-order chi connectivity index (χ1) is 9.25. The van der Waals surface area contributed by atoms with Crippen LogP contribution in [0.4, 0.5) is 0 Å². The Balaban J connectivity index is 1.69. The van der Waals surface area contributed by atoms with E-state index in [2.05, 4.69) is 42.7 Å². The molecule has 2 aromatic rings. The molecule has 1 aliphatic heterocycles. The lowest BCUT2D eigenvalue weighted by Crippen LogP contribution is -2.25. The van der Waals surface area contributed by atoms with Crippen molar-refractivity contribution in [2.45, 2.75) is 25.9 Å². The topological polar surface area (TPSA) is 59.8 Å². The quantitative estimate of drug-likeness (QED) is 0.840. The number of nitrogens with one attached hydrogen (secondary N) is 1. The fourth-order valence-corrected chi connectivity index (χ4v) is 2.87. The Labute approximate surface area is 124 Å². The maximum atomic E-state index is 12.1. The second-order valence-electron chi connectivity index (χ2n) is 4.45. The van der Waals surface area contributed by atoms with Crippen molar-refractivity contribution in [2.24, 2.45) is 0 Å². The molecular formula is C13H13IN4O. The number of halogens is 1. The maximum absolute atomic E-state index is 12.1. The van der Waals surface area contributed by atoms with Gasteiger partial charge in [-0.2, -0.15) is 0 Å². The minimum absolute atomic E-state index is 0.0691. The molecule has 5 nitrogen and oxygen atoms in total. The van der Waals surface area contributed by atoms with E-state index >= 15 is 0 Å². The third-order valence-corrected chi connectivity index (χ3v) is 4.15. The van der Waals surface area contributed by atoms with Crippen molar-refractivity contribution >= 4 is 28.5 Å². The summed E-state index contributed by atoms with van der Waals surface area (Å²) in [5.74, 6) is 1.80. The lowest BCUT2D eigenvalue weighted by atomic mass is 10.2. The smallest absolute Gasteiger partial charge is 0.252 e. The van der Waals surface area contributed by atoms with Crippen LogP contribution in [0.15, 0.2) is 24.3 Å². The molecule has 0 spiro atoms. The third kappa shape index (κ3) is 2.49. The van der Waals surface area contributed by atoms with Crippen LogP contribution < -0.4 is 5.32 Å². The molecule has 1 N–H and O–H groups in total. The summed E-state index contributed by atoms with van der Waals surface area (Å²) in [6.07, 6.45) is 2.10. The van der Waals surface area contributed by atoms with E-state index < -0.39 is 0 Å². The van der Waals surface area contributed by atoms with E-state index in [0.29, 0.717) is 12.1 Å². The predicted octanol–water partition coefficient (Wildman–Crippen LogP) is 1.76. The van der Waals surface area contributed by atoms with Crippen LogP contribution in [0.25, 0.3) is 0 Å². The molecule has 2 heterocycles. The molecule has 0 bridgehead atoms. The van der Waals surface area contributed by atoms with E-state index in [0.717, 1.165) is 34.6 Å². The Hall–Kier alpha value is -1.44. The van der Waals surface area contributed by atoms with Crippen LogP contribution in [0, 0.1) is 3.57 Å². The number of aromatic nitrogens is 3. The Morgan fingerprint density at radius 2 is 2.21 bits per heavy atom. The van der Waals surface area contributed by atoms with Gasteiger partial charge in [-0.3, -0.25) is 4.79 Å². The van der Waals surface area contributed by atoms with E-state index in [1.54, 1.807) is 0 Å². The van der Waals surface area contributed by atoms with Crippen molar-refractivity contribution in [1.82, 2.24) is 20.1 Å². The molecule has 6 heteroatoms. The fraction of sp³-hybridized carbons (Fsp3) is 0.308. The molecule has 19 heavy (non-hydrogen) atoms. The lowest BCUT2D eigenvalue weighted by Gasteiger charge is -2.07. The zero-order chi connectivity index (χ0) is 13.2. The number of aryl methyl sites for hydroxylation is 1. The van der Waals surface area contributed by atoms with Crippen molar-refractivity contribution in [3.8, 4) is 0 Å². The van der Waals surface area contributed by atoms with Gasteiger partial charge >= 0.3 is 0 Å². The predicted molar refractivity (Wildman–Crippen MR) is 78.7 cm³/mol. The molecule has 3 rings (SSSR count). The number of rotatable bonds is 3. The summed E-state index contributed by atoms with van der Waals surface area (Å²) in [4.78, 5) is 12.1. The van der Waals surface area contributed by atoms with Crippen molar-refractivity contribution in [2.75, 3.05) is 0 Å². The monoisotopic (exact) mass is 368 g/mol. The minimum atomic E-state index is -0.0691. The van der Waals surface area contributed by atoms with Crippen LogP contribution in [0.3, 0.4) is 0 Å². The average Bonchev–Trinajstić information content (AvgIpc) is 3.00. The van der Waals surface area contributed by atoms with Gasteiger partial charge in [0, 0.05) is 16.5 Å². The van der Waals surface area contributed by atoms with Crippen LogP contribution in [-0.2, 0) is 19.5 Å². The van der Waals surface area contributed by atoms with Gasteiger partial charge in [-0.15, -0.1) is 10.2 Å². The van der Waals surface area contributed by atoms with Gasteiger partial charge in [-0.25, -0.2) is 0 Å². The van der Waals surface area contributed by atoms with Gasteiger partial charge in [0.2, 0.25) is 0 Å². The van der Waals surface area contributed by atoms with Crippen LogP contribution in [0.1, 0.15) is 28.4 Å². The molecule has 0 unspecified atom stereocenters. The molecule has 0 saturated carbocycles. The Morgan fingerprint density at radius 1 is 1.37 bits per heavy atom. The Bertz CT molecular complexity index is 623. The Morgan fingerprint density at radius 3 is 3.05 bits per heavy atom. The number of amides is 1. The van der Waals surface area contributed by atoms with E-state index in [1.165, 1.54) is 0 Å². The van der Waals surface area contributed by atoms with Gasteiger partial charge in [0.05, 0.1) is 12.1 Å². The number of hydrogen-bond donors (Lipinski definition) is 1. The van der Waals surface area contributed by atoms with Crippen LogP contribution in [-0.4, -0.2) is 20.7 Å². The molecular weight excluding hydrogens is 355 g/mol. The van der Waals surface area contributed by atoms with Crippen LogP contribution in [0.5, 0.6) is 0 Å². The summed E-state index contributed by atoms with van der Waals surface area (Å²) in [5, 5.41) is 11.2. The van der Waals surface area contributed by atoms with Crippen molar-refractivity contribution in [3.05, 3.63) is 45.0 Å². The molecule has 98 valence electrons. The van der Waals surface area contributed by atoms with Gasteiger partial charge < -0.3 is 9.88 Å². The fourth-order valence-electron chi connectivity index (χ4n) is 2.24. The summed E-state index contributed by atoms with van der Waals surface area (Å²) in [6.45, 7) is 1.38. The third-order valence-electron chi connectivity index (χ3n) is 3.21. The summed E-state index contributed by atoms with van der Waals surface area (Å²) < 4.78 is 3.04. The van der Waals surface area contributed by atoms with E-state index in [9.17, 15) is 4.79 Å². The molecule has 1 aromatic heterocycles. The largest absolute Gasteiger partial charge is 0.345 e. The second-order valence-corrected chi connectivity index (χ2v) is 5.61. The number of fused-ring (bicyclic) bond motifs is 1. The number of carbonyl (C=O) groups is 1. The average molecular weight is 368 g/mol. The molecule has 1 aromatic carbocycles. The lowest BCUT2D eigenvalue weighted by molar-refractivity contribution is 0.0948. The zero-order valence-corrected chi connectivity index (χ0v) is 12.4. The van der Waals surface area contributed by atoms with Gasteiger partial charge in [0.25, 0.3) is 5.91 Å². The molecule has 1 amide bonds. The highest BCUT2D eigenvalue weighted by molar-refractivity contribution is 14.1. The number of benzene rings is 1. The number of nitrogens with zero attached hydrogens (tertiary/aromatic N) is 3. The molecule has 0 saturated heterocycles. The molecule has 0 aliphatic carbocycles. The van der Waals surface area contributed by atoms with Gasteiger partial charge in [0.15, 0.2) is 5.82 Å². The minimum Gasteiger partial charge on any atom is -0.345 e. The normalized spacial score (nSPS) is 13.3. The van der Waals surface area contributed by atoms with Crippen molar-refractivity contribution in [3.63, 3.8) is 0 Å². The molecule has 0 radical (unpaired) electrons. The summed E-state index contributed by atoms with van der Waals surface area (Å²) in [6, 6.07) is 7.53. The highest BCUT2D eigenvalue weighted by atomic mass is 127. The maximum Gasteiger partial charge on any atom is 0.252 e. The first-order valence-electron chi connectivity index (χ1n) is 6.19. The SMILES string of the molecule is O=C(NCc1nnc2n1CCC2)c1ccccc1I. The summed E-state index contributed by atoms with van der Waals surface area (Å²) in [5.41, 5.74) is 0.698. The molecule has 0 fully saturated rings. The standard InChI is InChI=1S/C13H13IN4O/c14-10-5-2-1-4-9(10)13(19)15-8-12-17-16-11-6-3-7-18(11)12/h1-2,4-5H,3,6-8H2,(H,15,19). The highest BCUT2D eigenvalue weighted by Crippen LogP contribution is 2.14. The number of carbonyl (C=O) groups excluding carboxylic acids is 1. The summed E-state index contributed by atoms with van der Waals surface area (Å²) in [7, 11) is 0. The first-order valence-corrected chi connectivity index (χ1v) is 7.27. The summed E-state index contributed by atoms with van der Waals surface area (Å²) >= 11 is 2.16. The second kappa shape index (κ2) is 5.28. The molecule has 1 aliphatic rings. The van der Waals surface area contributed by atoms with Crippen molar-refractivity contribution < 1.29 is 4.79 Å². The van der Waals surface area contributed by atoms with E-state index in [1.807, 2.05) is 24.3 Å². The molecule has 0 atom stereocenters. The zero-order valence-electron chi connectivity index (χ0n) is 10.3. The van der Waals surface area contributed by atoms with Gasteiger partial charge in [0.1, 0.15) is 5.82 Å². The van der Waals surface area contributed by atoms with Crippen LogP contribution in [0.2, 0.25) is 0 Å². The van der Waals surface area contributed by atoms with E-state index in [4.69, 9.17) is 0 Å². The van der Waals surface area contributed by atoms with Gasteiger partial charge in [-0.1, -0.05) is 12.1 Å². The number of hydrogen-bond acceptors (Lipinski definition) is 3. The van der Waals surface area contributed by atoms with Crippen molar-refractivity contribution in [1.29, 1.82) is 0 Å².